The fraction of sp³-hybridized carbons (Fsp3) is 0.545. The minimum atomic E-state index is -1.27. The molecule has 2 rings (SSSR count). The minimum absolute atomic E-state index is 0.110. The van der Waals surface area contributed by atoms with Gasteiger partial charge in [-0.15, -0.1) is 0 Å². The quantitative estimate of drug-likeness (QED) is 0.410. The van der Waals surface area contributed by atoms with Gasteiger partial charge < -0.3 is 33.5 Å². The summed E-state index contributed by atoms with van der Waals surface area (Å²) >= 11 is 0. The molecular formula is C22H28O11. The highest BCUT2D eigenvalue weighted by atomic mass is 16.7. The minimum Gasteiger partial charge on any atom is -0.508 e. The van der Waals surface area contributed by atoms with Crippen LogP contribution in [0.25, 0.3) is 0 Å². The molecule has 0 bridgehead atoms. The van der Waals surface area contributed by atoms with Crippen LogP contribution in [0, 0.1) is 0 Å². The number of carbonyl (C=O) groups is 4. The molecule has 1 aliphatic rings. The van der Waals surface area contributed by atoms with Crippen LogP contribution in [0.5, 0.6) is 5.75 Å². The van der Waals surface area contributed by atoms with E-state index in [1.165, 1.54) is 19.1 Å². The summed E-state index contributed by atoms with van der Waals surface area (Å²) < 4.78 is 32.6. The van der Waals surface area contributed by atoms with Gasteiger partial charge in [0.05, 0.1) is 6.61 Å². The average molecular weight is 468 g/mol. The number of benzene rings is 1. The van der Waals surface area contributed by atoms with Crippen LogP contribution in [0.4, 0.5) is 0 Å². The van der Waals surface area contributed by atoms with Crippen LogP contribution >= 0.6 is 0 Å². The predicted molar refractivity (Wildman–Crippen MR) is 110 cm³/mol. The smallest absolute Gasteiger partial charge is 0.303 e. The van der Waals surface area contributed by atoms with Crippen molar-refractivity contribution in [3.63, 3.8) is 0 Å². The Kier molecular flexibility index (Phi) is 9.61. The average Bonchev–Trinajstić information content (AvgIpc) is 2.71. The van der Waals surface area contributed by atoms with Gasteiger partial charge in [-0.2, -0.15) is 0 Å². The summed E-state index contributed by atoms with van der Waals surface area (Å²) in [5.41, 5.74) is 0.860. The zero-order valence-electron chi connectivity index (χ0n) is 18.8. The maximum Gasteiger partial charge on any atom is 0.303 e. The highest BCUT2D eigenvalue weighted by Gasteiger charge is 2.52. The van der Waals surface area contributed by atoms with Gasteiger partial charge in [0.25, 0.3) is 0 Å². The Bertz CT molecular complexity index is 835. The van der Waals surface area contributed by atoms with Gasteiger partial charge in [0.1, 0.15) is 18.5 Å². The van der Waals surface area contributed by atoms with Crippen molar-refractivity contribution in [3.8, 4) is 5.75 Å². The zero-order chi connectivity index (χ0) is 24.5. The fourth-order valence-corrected chi connectivity index (χ4v) is 3.28. The summed E-state index contributed by atoms with van der Waals surface area (Å²) in [5.74, 6) is -2.60. The Morgan fingerprint density at radius 3 is 1.91 bits per heavy atom. The number of hydrogen-bond acceptors (Lipinski definition) is 11. The van der Waals surface area contributed by atoms with Crippen molar-refractivity contribution >= 4 is 23.9 Å². The molecule has 0 aliphatic carbocycles. The zero-order valence-corrected chi connectivity index (χ0v) is 18.8. The highest BCUT2D eigenvalue weighted by Crippen LogP contribution is 2.30. The van der Waals surface area contributed by atoms with Crippen LogP contribution in [-0.4, -0.2) is 72.9 Å². The Hall–Kier alpha value is -3.18. The first kappa shape index (κ1) is 26.1. The lowest BCUT2D eigenvalue weighted by Gasteiger charge is -2.44. The van der Waals surface area contributed by atoms with Crippen molar-refractivity contribution in [2.24, 2.45) is 0 Å². The van der Waals surface area contributed by atoms with E-state index in [9.17, 15) is 24.3 Å². The number of phenolic OH excluding ortho intramolecular Hbond substituents is 1. The van der Waals surface area contributed by atoms with Crippen molar-refractivity contribution in [2.75, 3.05) is 13.2 Å². The third-order valence-electron chi connectivity index (χ3n) is 4.56. The van der Waals surface area contributed by atoms with Gasteiger partial charge in [-0.1, -0.05) is 12.1 Å². The number of phenols is 1. The van der Waals surface area contributed by atoms with Gasteiger partial charge in [-0.25, -0.2) is 0 Å². The van der Waals surface area contributed by atoms with Crippen LogP contribution < -0.4 is 0 Å². The van der Waals surface area contributed by atoms with Crippen LogP contribution in [0.1, 0.15) is 33.3 Å². The molecule has 0 unspecified atom stereocenters. The number of rotatable bonds is 9. The Morgan fingerprint density at radius 1 is 0.818 bits per heavy atom. The number of hydrogen-bond donors (Lipinski definition) is 1. The second-order valence-corrected chi connectivity index (χ2v) is 7.35. The topological polar surface area (TPSA) is 144 Å². The Morgan fingerprint density at radius 2 is 1.36 bits per heavy atom. The second-order valence-electron chi connectivity index (χ2n) is 7.35. The van der Waals surface area contributed by atoms with Crippen LogP contribution in [-0.2, 0) is 54.0 Å². The lowest BCUT2D eigenvalue weighted by molar-refractivity contribution is -0.307. The molecule has 1 fully saturated rings. The monoisotopic (exact) mass is 468 g/mol. The molecule has 1 aromatic rings. The standard InChI is InChI=1S/C22H28O11/c1-12(23)29-11-18-19(30-13(2)24)20(31-14(3)25)21(32-15(4)26)22(33-18)28-10-9-16-5-7-17(27)8-6-16/h5-8,18-22,27H,9-11H2,1-4H3/t18-,19-,20+,21-,22-/m1/s1. The van der Waals surface area contributed by atoms with E-state index in [1.54, 1.807) is 12.1 Å². The molecule has 33 heavy (non-hydrogen) atoms. The maximum absolute atomic E-state index is 11.8. The summed E-state index contributed by atoms with van der Waals surface area (Å²) in [4.78, 5) is 46.6. The van der Waals surface area contributed by atoms with E-state index in [-0.39, 0.29) is 19.0 Å². The van der Waals surface area contributed by atoms with Gasteiger partial charge in [-0.3, -0.25) is 19.2 Å². The molecule has 0 amide bonds. The highest BCUT2D eigenvalue weighted by molar-refractivity contribution is 5.68. The first-order valence-corrected chi connectivity index (χ1v) is 10.3. The van der Waals surface area contributed by atoms with E-state index in [0.717, 1.165) is 26.3 Å². The number of aromatic hydroxyl groups is 1. The molecule has 11 nitrogen and oxygen atoms in total. The van der Waals surface area contributed by atoms with Crippen molar-refractivity contribution in [1.29, 1.82) is 0 Å². The molecule has 5 atom stereocenters. The van der Waals surface area contributed by atoms with Crippen LogP contribution in [0.3, 0.4) is 0 Å². The van der Waals surface area contributed by atoms with E-state index in [2.05, 4.69) is 0 Å². The third-order valence-corrected chi connectivity index (χ3v) is 4.56. The molecule has 1 saturated heterocycles. The largest absolute Gasteiger partial charge is 0.508 e. The molecule has 0 aromatic heterocycles. The molecule has 1 heterocycles. The van der Waals surface area contributed by atoms with Crippen LogP contribution in [0.15, 0.2) is 24.3 Å². The predicted octanol–water partition coefficient (Wildman–Crippen LogP) is 1.03. The normalized spacial score (nSPS) is 24.4. The molecule has 11 heteroatoms. The number of esters is 4. The van der Waals surface area contributed by atoms with E-state index >= 15 is 0 Å². The van der Waals surface area contributed by atoms with Crippen molar-refractivity contribution in [2.45, 2.75) is 64.8 Å². The molecular weight excluding hydrogens is 440 g/mol. The number of carbonyl (C=O) groups excluding carboxylic acids is 4. The molecule has 1 aromatic carbocycles. The first-order chi connectivity index (χ1) is 15.6. The van der Waals surface area contributed by atoms with E-state index < -0.39 is 54.6 Å². The number of ether oxygens (including phenoxy) is 6. The second kappa shape index (κ2) is 12.2. The van der Waals surface area contributed by atoms with E-state index in [4.69, 9.17) is 28.4 Å². The molecule has 0 spiro atoms. The van der Waals surface area contributed by atoms with Crippen molar-refractivity contribution in [1.82, 2.24) is 0 Å². The lowest BCUT2D eigenvalue weighted by atomic mass is 9.98. The van der Waals surface area contributed by atoms with Gasteiger partial charge in [0.15, 0.2) is 24.6 Å². The van der Waals surface area contributed by atoms with Gasteiger partial charge in [0, 0.05) is 27.7 Å². The summed E-state index contributed by atoms with van der Waals surface area (Å²) in [6.45, 7) is 4.43. The van der Waals surface area contributed by atoms with E-state index in [0.29, 0.717) is 6.42 Å². The summed E-state index contributed by atoms with van der Waals surface area (Å²) in [7, 11) is 0. The third kappa shape index (κ3) is 8.35. The van der Waals surface area contributed by atoms with Gasteiger partial charge in [0.2, 0.25) is 0 Å². The molecule has 182 valence electrons. The molecule has 1 aliphatic heterocycles. The summed E-state index contributed by atoms with van der Waals surface area (Å²) in [6, 6.07) is 6.49. The SMILES string of the molecule is CC(=O)OC[C@H]1O[C@@H](OCCc2ccc(O)cc2)[C@H](OC(C)=O)[C@@H](OC(C)=O)[C@@H]1OC(C)=O. The molecule has 0 radical (unpaired) electrons. The summed E-state index contributed by atoms with van der Waals surface area (Å²) in [5, 5.41) is 9.40. The van der Waals surface area contributed by atoms with Crippen molar-refractivity contribution in [3.05, 3.63) is 29.8 Å². The maximum atomic E-state index is 11.8. The molecule has 0 saturated carbocycles. The Balaban J connectivity index is 2.27. The molecule has 1 N–H and O–H groups in total. The lowest BCUT2D eigenvalue weighted by Crippen LogP contribution is -2.63. The first-order valence-electron chi connectivity index (χ1n) is 10.3. The summed E-state index contributed by atoms with van der Waals surface area (Å²) in [6.07, 6.45) is -5.62. The fourth-order valence-electron chi connectivity index (χ4n) is 3.28. The van der Waals surface area contributed by atoms with Gasteiger partial charge >= 0.3 is 23.9 Å². The van der Waals surface area contributed by atoms with Crippen LogP contribution in [0.2, 0.25) is 0 Å². The van der Waals surface area contributed by atoms with Gasteiger partial charge in [-0.05, 0) is 24.1 Å². The Labute approximate surface area is 190 Å². The van der Waals surface area contributed by atoms with E-state index in [1.807, 2.05) is 0 Å². The van der Waals surface area contributed by atoms with Crippen molar-refractivity contribution < 1.29 is 52.7 Å².